The maximum Gasteiger partial charge on any atom is 0.238 e. The first-order chi connectivity index (χ1) is 10.2. The van der Waals surface area contributed by atoms with Crippen molar-refractivity contribution < 1.29 is 9.90 Å². The fourth-order valence-corrected chi connectivity index (χ4v) is 2.94. The average Bonchev–Trinajstić information content (AvgIpc) is 2.94. The molecule has 0 aromatic heterocycles. The van der Waals surface area contributed by atoms with E-state index < -0.39 is 0 Å². The summed E-state index contributed by atoms with van der Waals surface area (Å²) in [5.74, 6) is -0.0617. The van der Waals surface area contributed by atoms with Crippen LogP contribution in [0.1, 0.15) is 12.8 Å². The van der Waals surface area contributed by atoms with Gasteiger partial charge in [0.15, 0.2) is 0 Å². The molecule has 1 aromatic carbocycles. The molecule has 1 aliphatic rings. The molecule has 1 aromatic rings. The van der Waals surface area contributed by atoms with E-state index in [-0.39, 0.29) is 12.5 Å². The van der Waals surface area contributed by atoms with Gasteiger partial charge in [-0.1, -0.05) is 12.1 Å². The number of nitrogens with one attached hydrogen (secondary N) is 2. The smallest absolute Gasteiger partial charge is 0.238 e. The molecule has 1 aliphatic heterocycles. The first-order valence-electron chi connectivity index (χ1n) is 7.30. The summed E-state index contributed by atoms with van der Waals surface area (Å²) in [5.41, 5.74) is 0.769. The van der Waals surface area contributed by atoms with E-state index in [4.69, 9.17) is 5.11 Å². The van der Waals surface area contributed by atoms with Gasteiger partial charge in [-0.25, -0.2) is 0 Å². The van der Waals surface area contributed by atoms with Gasteiger partial charge < -0.3 is 15.7 Å². The van der Waals surface area contributed by atoms with Crippen molar-refractivity contribution in [3.05, 3.63) is 28.7 Å². The highest BCUT2D eigenvalue weighted by Crippen LogP contribution is 2.21. The van der Waals surface area contributed by atoms with Crippen molar-refractivity contribution in [2.45, 2.75) is 18.9 Å². The highest BCUT2D eigenvalue weighted by Gasteiger charge is 2.19. The number of hydrogen-bond donors (Lipinski definition) is 3. The summed E-state index contributed by atoms with van der Waals surface area (Å²) in [5, 5.41) is 15.5. The van der Waals surface area contributed by atoms with E-state index in [0.29, 0.717) is 19.1 Å². The van der Waals surface area contributed by atoms with Crippen molar-refractivity contribution in [1.29, 1.82) is 0 Å². The highest BCUT2D eigenvalue weighted by molar-refractivity contribution is 9.10. The first kappa shape index (κ1) is 16.4. The van der Waals surface area contributed by atoms with Gasteiger partial charge in [0.1, 0.15) is 0 Å². The van der Waals surface area contributed by atoms with Crippen LogP contribution >= 0.6 is 15.9 Å². The molecule has 0 spiro atoms. The molecule has 2 rings (SSSR count). The van der Waals surface area contributed by atoms with Gasteiger partial charge in [-0.3, -0.25) is 9.69 Å². The zero-order valence-corrected chi connectivity index (χ0v) is 13.6. The van der Waals surface area contributed by atoms with E-state index in [1.54, 1.807) is 0 Å². The van der Waals surface area contributed by atoms with Gasteiger partial charge in [0.2, 0.25) is 5.91 Å². The number of anilines is 1. The Morgan fingerprint density at radius 2 is 2.29 bits per heavy atom. The Morgan fingerprint density at radius 1 is 1.48 bits per heavy atom. The van der Waals surface area contributed by atoms with E-state index in [9.17, 15) is 4.79 Å². The van der Waals surface area contributed by atoms with Crippen molar-refractivity contribution in [2.75, 3.05) is 38.1 Å². The van der Waals surface area contributed by atoms with Crippen LogP contribution in [0.2, 0.25) is 0 Å². The van der Waals surface area contributed by atoms with E-state index in [2.05, 4.69) is 26.6 Å². The minimum Gasteiger partial charge on any atom is -0.395 e. The summed E-state index contributed by atoms with van der Waals surface area (Å²) in [7, 11) is 0. The quantitative estimate of drug-likeness (QED) is 0.692. The molecule has 0 bridgehead atoms. The maximum absolute atomic E-state index is 12.1. The lowest BCUT2D eigenvalue weighted by Crippen LogP contribution is -2.42. The van der Waals surface area contributed by atoms with Gasteiger partial charge in [-0.15, -0.1) is 0 Å². The number of rotatable bonds is 7. The second-order valence-electron chi connectivity index (χ2n) is 5.28. The molecule has 6 heteroatoms. The Kier molecular flexibility index (Phi) is 6.63. The molecule has 0 saturated carbocycles. The fourth-order valence-electron chi connectivity index (χ4n) is 2.56. The van der Waals surface area contributed by atoms with Gasteiger partial charge >= 0.3 is 0 Å². The van der Waals surface area contributed by atoms with Gasteiger partial charge in [0, 0.05) is 23.6 Å². The minimum absolute atomic E-state index is 0.0617. The van der Waals surface area contributed by atoms with Crippen LogP contribution in [-0.2, 0) is 4.79 Å². The third-order valence-corrected chi connectivity index (χ3v) is 4.26. The van der Waals surface area contributed by atoms with Crippen LogP contribution in [0, 0.1) is 0 Å². The Morgan fingerprint density at radius 3 is 2.95 bits per heavy atom. The van der Waals surface area contributed by atoms with Gasteiger partial charge in [-0.05, 0) is 47.4 Å². The standard InChI is InChI=1S/C15H22BrN3O2/c16-13-5-1-2-6-14(13)18-15(21)11-19(8-9-20)10-12-4-3-7-17-12/h1-2,5-6,12,17,20H,3-4,7-11H2,(H,18,21). The van der Waals surface area contributed by atoms with Crippen LogP contribution < -0.4 is 10.6 Å². The number of nitrogens with zero attached hydrogens (tertiary/aromatic N) is 1. The van der Waals surface area contributed by atoms with E-state index in [0.717, 1.165) is 29.7 Å². The molecule has 0 radical (unpaired) electrons. The zero-order chi connectivity index (χ0) is 15.1. The summed E-state index contributed by atoms with van der Waals surface area (Å²) >= 11 is 3.41. The molecule has 3 N–H and O–H groups in total. The summed E-state index contributed by atoms with van der Waals surface area (Å²) < 4.78 is 0.865. The van der Waals surface area contributed by atoms with Crippen molar-refractivity contribution in [2.24, 2.45) is 0 Å². The number of para-hydroxylation sites is 1. The SMILES string of the molecule is O=C(CN(CCO)CC1CCCN1)Nc1ccccc1Br. The second-order valence-corrected chi connectivity index (χ2v) is 6.13. The third-order valence-electron chi connectivity index (χ3n) is 3.57. The predicted molar refractivity (Wildman–Crippen MR) is 87.3 cm³/mol. The van der Waals surface area contributed by atoms with Crippen LogP contribution in [-0.4, -0.2) is 54.7 Å². The zero-order valence-electron chi connectivity index (χ0n) is 12.0. The van der Waals surface area contributed by atoms with E-state index >= 15 is 0 Å². The van der Waals surface area contributed by atoms with Gasteiger partial charge in [0.05, 0.1) is 18.8 Å². The Balaban J connectivity index is 1.86. The number of aliphatic hydroxyl groups is 1. The lowest BCUT2D eigenvalue weighted by Gasteiger charge is -2.24. The summed E-state index contributed by atoms with van der Waals surface area (Å²) in [6.07, 6.45) is 2.31. The predicted octanol–water partition coefficient (Wildman–Crippen LogP) is 1.43. The van der Waals surface area contributed by atoms with Gasteiger partial charge in [0.25, 0.3) is 0 Å². The van der Waals surface area contributed by atoms with Crippen LogP contribution in [0.5, 0.6) is 0 Å². The van der Waals surface area contributed by atoms with Gasteiger partial charge in [-0.2, -0.15) is 0 Å². The lowest BCUT2D eigenvalue weighted by atomic mass is 10.2. The molecule has 5 nitrogen and oxygen atoms in total. The summed E-state index contributed by atoms with van der Waals surface area (Å²) in [6.45, 7) is 2.71. The third kappa shape index (κ3) is 5.39. The highest BCUT2D eigenvalue weighted by atomic mass is 79.9. The maximum atomic E-state index is 12.1. The number of benzene rings is 1. The largest absolute Gasteiger partial charge is 0.395 e. The van der Waals surface area contributed by atoms with E-state index in [1.807, 2.05) is 29.2 Å². The summed E-state index contributed by atoms with van der Waals surface area (Å²) in [6, 6.07) is 7.96. The molecule has 21 heavy (non-hydrogen) atoms. The Bertz CT molecular complexity index is 464. The number of carbonyl (C=O) groups is 1. The van der Waals surface area contributed by atoms with Crippen molar-refractivity contribution >= 4 is 27.5 Å². The lowest BCUT2D eigenvalue weighted by molar-refractivity contribution is -0.117. The fraction of sp³-hybridized carbons (Fsp3) is 0.533. The first-order valence-corrected chi connectivity index (χ1v) is 8.09. The molecule has 1 unspecified atom stereocenters. The number of carbonyl (C=O) groups excluding carboxylic acids is 1. The average molecular weight is 356 g/mol. The van der Waals surface area contributed by atoms with Crippen LogP contribution in [0.25, 0.3) is 0 Å². The Hall–Kier alpha value is -0.950. The number of aliphatic hydroxyl groups excluding tert-OH is 1. The number of halogens is 1. The topological polar surface area (TPSA) is 64.6 Å². The molecule has 1 atom stereocenters. The number of hydrogen-bond acceptors (Lipinski definition) is 4. The van der Waals surface area contributed by atoms with Crippen molar-refractivity contribution in [3.8, 4) is 0 Å². The Labute approximate surface area is 133 Å². The monoisotopic (exact) mass is 355 g/mol. The number of amides is 1. The molecule has 1 saturated heterocycles. The van der Waals surface area contributed by atoms with E-state index in [1.165, 1.54) is 6.42 Å². The normalized spacial score (nSPS) is 18.1. The molecule has 1 fully saturated rings. The second kappa shape index (κ2) is 8.48. The van der Waals surface area contributed by atoms with Crippen LogP contribution in [0.15, 0.2) is 28.7 Å². The van der Waals surface area contributed by atoms with Crippen LogP contribution in [0.3, 0.4) is 0 Å². The molecule has 1 amide bonds. The minimum atomic E-state index is -0.0617. The van der Waals surface area contributed by atoms with Crippen LogP contribution in [0.4, 0.5) is 5.69 Å². The molecule has 1 heterocycles. The van der Waals surface area contributed by atoms with Crippen molar-refractivity contribution in [3.63, 3.8) is 0 Å². The van der Waals surface area contributed by atoms with Crippen molar-refractivity contribution in [1.82, 2.24) is 10.2 Å². The molecular formula is C15H22BrN3O2. The summed E-state index contributed by atoms with van der Waals surface area (Å²) in [4.78, 5) is 14.1. The molecular weight excluding hydrogens is 334 g/mol. The molecule has 0 aliphatic carbocycles. The molecule has 116 valence electrons.